The van der Waals surface area contributed by atoms with E-state index in [0.717, 1.165) is 48.6 Å². The fourth-order valence-corrected chi connectivity index (χ4v) is 5.63. The first kappa shape index (κ1) is 21.3. The molecule has 3 aromatic rings. The van der Waals surface area contributed by atoms with Gasteiger partial charge in [0, 0.05) is 49.4 Å². The lowest BCUT2D eigenvalue weighted by Crippen LogP contribution is -2.38. The predicted molar refractivity (Wildman–Crippen MR) is 129 cm³/mol. The van der Waals surface area contributed by atoms with E-state index in [4.69, 9.17) is 24.6 Å². The summed E-state index contributed by atoms with van der Waals surface area (Å²) < 4.78 is 17.3. The topological polar surface area (TPSA) is 126 Å². The van der Waals surface area contributed by atoms with Crippen LogP contribution in [0.2, 0.25) is 0 Å². The van der Waals surface area contributed by atoms with Crippen LogP contribution in [0.5, 0.6) is 0 Å². The Labute approximate surface area is 199 Å². The molecular weight excluding hydrogens is 458 g/mol. The molecule has 3 N–H and O–H groups in total. The van der Waals surface area contributed by atoms with Crippen LogP contribution in [0, 0.1) is 0 Å². The minimum atomic E-state index is -0.488. The number of aromatic nitrogens is 3. The highest BCUT2D eigenvalue weighted by Gasteiger charge is 2.36. The van der Waals surface area contributed by atoms with E-state index in [1.807, 2.05) is 28.6 Å². The molecule has 3 aliphatic rings. The first-order chi connectivity index (χ1) is 16.7. The molecule has 2 saturated heterocycles. The van der Waals surface area contributed by atoms with Crippen LogP contribution >= 0.6 is 11.8 Å². The van der Waals surface area contributed by atoms with Crippen molar-refractivity contribution in [2.24, 2.45) is 5.73 Å². The normalized spacial score (nSPS) is 21.4. The second kappa shape index (κ2) is 8.85. The number of nitrogens with zero attached hydrogens (tertiary/aromatic N) is 5. The van der Waals surface area contributed by atoms with Gasteiger partial charge in [0.1, 0.15) is 16.6 Å². The highest BCUT2D eigenvalue weighted by atomic mass is 32.2. The number of rotatable bonds is 5. The number of nitrogens with one attached hydrogen (secondary N) is 1. The lowest BCUT2D eigenvalue weighted by atomic mass is 10.1. The maximum atomic E-state index is 12.4. The summed E-state index contributed by atoms with van der Waals surface area (Å²) in [6, 6.07) is 4.58. The third-order valence-corrected chi connectivity index (χ3v) is 7.33. The van der Waals surface area contributed by atoms with Crippen molar-refractivity contribution in [2.75, 3.05) is 67.3 Å². The highest BCUT2D eigenvalue weighted by molar-refractivity contribution is 8.02. The van der Waals surface area contributed by atoms with Crippen molar-refractivity contribution in [3.05, 3.63) is 41.2 Å². The molecule has 178 valence electrons. The number of morpholine rings is 2. The number of amides is 1. The van der Waals surface area contributed by atoms with Gasteiger partial charge in [0.2, 0.25) is 0 Å². The fraction of sp³-hybridized carbons (Fsp3) is 0.409. The monoisotopic (exact) mass is 483 g/mol. The molecule has 12 heteroatoms. The zero-order valence-electron chi connectivity index (χ0n) is 18.5. The number of hydrogen-bond acceptors (Lipinski definition) is 10. The molecule has 0 bridgehead atoms. The van der Waals surface area contributed by atoms with E-state index in [1.165, 1.54) is 11.8 Å². The standard InChI is InChI=1S/C22H25N7O4S/c23-20(30)18-13-34-21(14-11-24-25-12-14)29(18)17-10-19-15(9-16(17)27-1-5-31-6-2-27)26-22(33-19)28-3-7-32-8-4-28/h9-13,21H,1-8H2,(H2,23,30)(H,24,25). The van der Waals surface area contributed by atoms with Crippen LogP contribution in [-0.4, -0.2) is 73.7 Å². The summed E-state index contributed by atoms with van der Waals surface area (Å²) in [6.07, 6.45) is 3.60. The maximum Gasteiger partial charge on any atom is 0.298 e. The number of carbonyl (C=O) groups excluding carboxylic acids is 1. The lowest BCUT2D eigenvalue weighted by Gasteiger charge is -2.35. The molecule has 0 radical (unpaired) electrons. The number of thioether (sulfide) groups is 1. The molecule has 6 rings (SSSR count). The number of H-pyrrole nitrogens is 1. The van der Waals surface area contributed by atoms with Gasteiger partial charge in [0.25, 0.3) is 11.9 Å². The summed E-state index contributed by atoms with van der Waals surface area (Å²) in [5.74, 6) is -0.488. The van der Waals surface area contributed by atoms with Crippen LogP contribution in [0.3, 0.4) is 0 Å². The molecule has 0 aliphatic carbocycles. The van der Waals surface area contributed by atoms with E-state index in [0.29, 0.717) is 43.7 Å². The average molecular weight is 484 g/mol. The molecule has 3 aliphatic heterocycles. The summed E-state index contributed by atoms with van der Waals surface area (Å²) >= 11 is 1.52. The minimum absolute atomic E-state index is 0.194. The summed E-state index contributed by atoms with van der Waals surface area (Å²) in [7, 11) is 0. The van der Waals surface area contributed by atoms with Gasteiger partial charge in [-0.05, 0) is 6.07 Å². The Morgan fingerprint density at radius 2 is 1.79 bits per heavy atom. The van der Waals surface area contributed by atoms with E-state index in [1.54, 1.807) is 6.20 Å². The quantitative estimate of drug-likeness (QED) is 0.555. The largest absolute Gasteiger partial charge is 0.423 e. The van der Waals surface area contributed by atoms with Crippen LogP contribution in [-0.2, 0) is 14.3 Å². The van der Waals surface area contributed by atoms with Crippen molar-refractivity contribution in [2.45, 2.75) is 5.37 Å². The van der Waals surface area contributed by atoms with Crippen LogP contribution in [0.15, 0.2) is 40.0 Å². The number of nitrogens with two attached hydrogens (primary N) is 1. The third kappa shape index (κ3) is 3.77. The predicted octanol–water partition coefficient (Wildman–Crippen LogP) is 1.80. The number of anilines is 3. The molecule has 34 heavy (non-hydrogen) atoms. The molecule has 2 aromatic heterocycles. The van der Waals surface area contributed by atoms with E-state index < -0.39 is 5.91 Å². The minimum Gasteiger partial charge on any atom is -0.423 e. The van der Waals surface area contributed by atoms with Gasteiger partial charge in [-0.15, -0.1) is 11.8 Å². The van der Waals surface area contributed by atoms with E-state index in [9.17, 15) is 4.79 Å². The number of oxazole rings is 1. The van der Waals surface area contributed by atoms with Crippen LogP contribution in [0.4, 0.5) is 17.4 Å². The van der Waals surface area contributed by atoms with Crippen LogP contribution in [0.25, 0.3) is 11.1 Å². The fourth-order valence-electron chi connectivity index (χ4n) is 4.51. The molecule has 1 unspecified atom stereocenters. The Hall–Kier alpha value is -3.22. The third-order valence-electron chi connectivity index (χ3n) is 6.23. The summed E-state index contributed by atoms with van der Waals surface area (Å²) in [5, 5.41) is 8.59. The van der Waals surface area contributed by atoms with Crippen molar-refractivity contribution in [3.8, 4) is 0 Å². The molecule has 2 fully saturated rings. The Morgan fingerprint density at radius 3 is 2.47 bits per heavy atom. The lowest BCUT2D eigenvalue weighted by molar-refractivity contribution is -0.114. The van der Waals surface area contributed by atoms with E-state index in [2.05, 4.69) is 20.0 Å². The molecule has 1 atom stereocenters. The van der Waals surface area contributed by atoms with Crippen LogP contribution in [0.1, 0.15) is 10.9 Å². The van der Waals surface area contributed by atoms with Crippen molar-refractivity contribution in [1.29, 1.82) is 0 Å². The number of hydrogen-bond donors (Lipinski definition) is 2. The highest BCUT2D eigenvalue weighted by Crippen LogP contribution is 2.49. The molecule has 1 amide bonds. The van der Waals surface area contributed by atoms with Gasteiger partial charge in [0.05, 0.1) is 44.0 Å². The van der Waals surface area contributed by atoms with Crippen molar-refractivity contribution in [1.82, 2.24) is 15.2 Å². The van der Waals surface area contributed by atoms with Gasteiger partial charge < -0.3 is 34.3 Å². The number of carbonyl (C=O) groups is 1. The number of benzene rings is 1. The zero-order valence-corrected chi connectivity index (χ0v) is 19.3. The average Bonchev–Trinajstić information content (AvgIpc) is 3.63. The Bertz CT molecular complexity index is 1220. The summed E-state index contributed by atoms with van der Waals surface area (Å²) in [6.45, 7) is 5.49. The number of aromatic amines is 1. The molecule has 0 spiro atoms. The van der Waals surface area contributed by atoms with Gasteiger partial charge >= 0.3 is 0 Å². The summed E-state index contributed by atoms with van der Waals surface area (Å²) in [5.41, 5.74) is 10.4. The first-order valence-electron chi connectivity index (χ1n) is 11.2. The maximum absolute atomic E-state index is 12.4. The van der Waals surface area contributed by atoms with E-state index >= 15 is 0 Å². The van der Waals surface area contributed by atoms with Gasteiger partial charge in [-0.1, -0.05) is 0 Å². The summed E-state index contributed by atoms with van der Waals surface area (Å²) in [4.78, 5) is 23.6. The zero-order chi connectivity index (χ0) is 23.1. The van der Waals surface area contributed by atoms with Gasteiger partial charge in [-0.25, -0.2) is 0 Å². The van der Waals surface area contributed by atoms with Crippen molar-refractivity contribution < 1.29 is 18.7 Å². The molecular formula is C22H25N7O4S. The van der Waals surface area contributed by atoms with Crippen molar-refractivity contribution >= 4 is 46.2 Å². The Kier molecular flexibility index (Phi) is 5.55. The second-order valence-electron chi connectivity index (χ2n) is 8.26. The molecule has 0 saturated carbocycles. The SMILES string of the molecule is NC(=O)C1=CSC(c2cn[nH]c2)N1c1cc2oc(N3CCOCC3)nc2cc1N1CCOCC1. The molecule has 11 nitrogen and oxygen atoms in total. The van der Waals surface area contributed by atoms with Crippen molar-refractivity contribution in [3.63, 3.8) is 0 Å². The van der Waals surface area contributed by atoms with Gasteiger partial charge in [0.15, 0.2) is 5.58 Å². The van der Waals surface area contributed by atoms with Gasteiger partial charge in [-0.2, -0.15) is 10.1 Å². The number of ether oxygens (including phenoxy) is 2. The second-order valence-corrected chi connectivity index (χ2v) is 9.22. The number of primary amides is 1. The molecule has 1 aromatic carbocycles. The smallest absolute Gasteiger partial charge is 0.298 e. The van der Waals surface area contributed by atoms with E-state index in [-0.39, 0.29) is 5.37 Å². The first-order valence-corrected chi connectivity index (χ1v) is 12.2. The van der Waals surface area contributed by atoms with Gasteiger partial charge in [-0.3, -0.25) is 9.89 Å². The van der Waals surface area contributed by atoms with Crippen LogP contribution < -0.4 is 20.4 Å². The Balaban J connectivity index is 1.49. The molecule has 5 heterocycles. The number of fused-ring (bicyclic) bond motifs is 1. The Morgan fingerprint density at radius 1 is 1.06 bits per heavy atom.